The zero-order valence-electron chi connectivity index (χ0n) is 16.3. The van der Waals surface area contributed by atoms with Crippen molar-refractivity contribution in [2.24, 2.45) is 28.6 Å². The minimum atomic E-state index is -0.722. The second-order valence-electron chi connectivity index (χ2n) is 9.34. The Morgan fingerprint density at radius 1 is 1.20 bits per heavy atom. The highest BCUT2D eigenvalue weighted by Gasteiger charge is 2.56. The first-order valence-corrected chi connectivity index (χ1v) is 9.80. The fraction of sp³-hybridized carbons (Fsp3) is 0.900. The molecule has 2 aliphatic carbocycles. The average Bonchev–Trinajstić information content (AvgIpc) is 2.95. The minimum Gasteiger partial charge on any atom is -0.384 e. The van der Waals surface area contributed by atoms with Gasteiger partial charge in [-0.3, -0.25) is 9.59 Å². The van der Waals surface area contributed by atoms with Crippen LogP contribution in [0.15, 0.2) is 0 Å². The molecule has 142 valence electrons. The van der Waals surface area contributed by atoms with Crippen LogP contribution in [0, 0.1) is 28.6 Å². The van der Waals surface area contributed by atoms with E-state index in [9.17, 15) is 9.59 Å². The molecule has 1 aliphatic heterocycles. The van der Waals surface area contributed by atoms with Crippen LogP contribution in [-0.4, -0.2) is 56.5 Å². The van der Waals surface area contributed by atoms with E-state index in [2.05, 4.69) is 24.1 Å². The number of carbonyl (C=O) groups excluding carboxylic acids is 2. The zero-order chi connectivity index (χ0) is 18.2. The number of nitrogens with one attached hydrogen (secondary N) is 1. The quantitative estimate of drug-likeness (QED) is 0.681. The van der Waals surface area contributed by atoms with Gasteiger partial charge in [-0.2, -0.15) is 0 Å². The Labute approximate surface area is 151 Å². The fourth-order valence-electron chi connectivity index (χ4n) is 5.31. The van der Waals surface area contributed by atoms with Crippen LogP contribution in [-0.2, 0) is 14.3 Å². The van der Waals surface area contributed by atoms with Gasteiger partial charge in [0.2, 0.25) is 5.91 Å². The molecular weight excluding hydrogens is 316 g/mol. The van der Waals surface area contributed by atoms with E-state index < -0.39 is 5.41 Å². The van der Waals surface area contributed by atoms with Crippen molar-refractivity contribution in [2.45, 2.75) is 46.5 Å². The van der Waals surface area contributed by atoms with Crippen molar-refractivity contribution in [1.29, 1.82) is 0 Å². The number of piperidine rings is 1. The number of hydrogen-bond donors (Lipinski definition) is 1. The van der Waals surface area contributed by atoms with Crippen LogP contribution in [0.3, 0.4) is 0 Å². The third-order valence-corrected chi connectivity index (χ3v) is 6.70. The van der Waals surface area contributed by atoms with Crippen LogP contribution in [0.4, 0.5) is 0 Å². The van der Waals surface area contributed by atoms with Crippen molar-refractivity contribution in [3.63, 3.8) is 0 Å². The zero-order valence-corrected chi connectivity index (χ0v) is 16.3. The van der Waals surface area contributed by atoms with E-state index in [0.29, 0.717) is 5.92 Å². The van der Waals surface area contributed by atoms with Crippen molar-refractivity contribution in [3.8, 4) is 0 Å². The van der Waals surface area contributed by atoms with Gasteiger partial charge in [0.25, 0.3) is 0 Å². The second kappa shape index (κ2) is 6.99. The number of ether oxygens (including phenoxy) is 1. The van der Waals surface area contributed by atoms with Gasteiger partial charge >= 0.3 is 0 Å². The van der Waals surface area contributed by atoms with Crippen LogP contribution in [0.1, 0.15) is 46.5 Å². The lowest BCUT2D eigenvalue weighted by Crippen LogP contribution is -2.45. The van der Waals surface area contributed by atoms with Crippen molar-refractivity contribution < 1.29 is 14.3 Å². The Morgan fingerprint density at radius 3 is 2.32 bits per heavy atom. The molecule has 0 aromatic rings. The van der Waals surface area contributed by atoms with Gasteiger partial charge in [0, 0.05) is 38.7 Å². The Balaban J connectivity index is 1.43. The molecule has 1 saturated heterocycles. The number of methoxy groups -OCH3 is 1. The molecule has 1 N–H and O–H groups in total. The summed E-state index contributed by atoms with van der Waals surface area (Å²) in [5, 5.41) is 3.12. The predicted molar refractivity (Wildman–Crippen MR) is 97.2 cm³/mol. The van der Waals surface area contributed by atoms with Crippen LogP contribution in [0.2, 0.25) is 0 Å². The molecule has 3 fully saturated rings. The van der Waals surface area contributed by atoms with E-state index >= 15 is 0 Å². The number of fused-ring (bicyclic) bond motifs is 1. The molecular formula is C20H34N2O3. The number of ketones is 1. The summed E-state index contributed by atoms with van der Waals surface area (Å²) >= 11 is 0. The lowest BCUT2D eigenvalue weighted by molar-refractivity contribution is -0.140. The first kappa shape index (κ1) is 18.8. The lowest BCUT2D eigenvalue weighted by atomic mass is 9.81. The molecule has 1 amide bonds. The number of rotatable bonds is 8. The standard InChI is InChI=1S/C20H34N2O3/c1-14(23)20(7-5-6-8-20)18(24)21-9-15-16-10-22(11-17(15)16)12-19(2,3)13-25-4/h15-17H,5-13H2,1-4H3,(H,21,24)/t15?,16-,17?/m1/s1. The van der Waals surface area contributed by atoms with Crippen LogP contribution in [0.5, 0.6) is 0 Å². The summed E-state index contributed by atoms with van der Waals surface area (Å²) in [6.45, 7) is 11.0. The van der Waals surface area contributed by atoms with Gasteiger partial charge < -0.3 is 15.0 Å². The summed E-state index contributed by atoms with van der Waals surface area (Å²) < 4.78 is 5.32. The van der Waals surface area contributed by atoms with Gasteiger partial charge in [-0.1, -0.05) is 26.7 Å². The maximum absolute atomic E-state index is 12.6. The van der Waals surface area contributed by atoms with Gasteiger partial charge in [-0.05, 0) is 37.5 Å². The van der Waals surface area contributed by atoms with Crippen molar-refractivity contribution in [1.82, 2.24) is 10.2 Å². The van der Waals surface area contributed by atoms with E-state index in [1.54, 1.807) is 14.0 Å². The van der Waals surface area contributed by atoms with E-state index in [0.717, 1.165) is 70.3 Å². The van der Waals surface area contributed by atoms with Crippen LogP contribution < -0.4 is 5.32 Å². The Hall–Kier alpha value is -0.940. The van der Waals surface area contributed by atoms with Gasteiger partial charge in [0.1, 0.15) is 11.2 Å². The number of likely N-dealkylation sites (tertiary alicyclic amines) is 1. The molecule has 3 atom stereocenters. The summed E-state index contributed by atoms with van der Waals surface area (Å²) in [6.07, 6.45) is 3.45. The van der Waals surface area contributed by atoms with Crippen LogP contribution in [0.25, 0.3) is 0 Å². The highest BCUT2D eigenvalue weighted by Crippen LogP contribution is 2.52. The average molecular weight is 351 g/mol. The Morgan fingerprint density at radius 2 is 1.80 bits per heavy atom. The monoisotopic (exact) mass is 350 g/mol. The molecule has 0 spiro atoms. The number of Topliss-reactive ketones (excluding diaryl/α,β-unsaturated/α-hetero) is 1. The molecule has 1 heterocycles. The molecule has 5 nitrogen and oxygen atoms in total. The van der Waals surface area contributed by atoms with E-state index in [1.807, 2.05) is 0 Å². The maximum Gasteiger partial charge on any atom is 0.233 e. The fourth-order valence-corrected chi connectivity index (χ4v) is 5.31. The predicted octanol–water partition coefficient (Wildman–Crippen LogP) is 2.10. The van der Waals surface area contributed by atoms with Crippen molar-refractivity contribution in [3.05, 3.63) is 0 Å². The Kier molecular flexibility index (Phi) is 5.27. The van der Waals surface area contributed by atoms with E-state index in [1.165, 1.54) is 0 Å². The number of carbonyl (C=O) groups is 2. The topological polar surface area (TPSA) is 58.6 Å². The number of amides is 1. The summed E-state index contributed by atoms with van der Waals surface area (Å²) in [4.78, 5) is 27.2. The largest absolute Gasteiger partial charge is 0.384 e. The smallest absolute Gasteiger partial charge is 0.233 e. The first-order valence-electron chi connectivity index (χ1n) is 9.80. The SMILES string of the molecule is COCC(C)(C)CN1CC2C(CNC(=O)C3(C(C)=O)CCCC3)[C@H]2C1. The Bertz CT molecular complexity index is 513. The highest BCUT2D eigenvalue weighted by molar-refractivity contribution is 6.05. The number of nitrogens with zero attached hydrogens (tertiary/aromatic N) is 1. The molecule has 3 aliphatic rings. The molecule has 25 heavy (non-hydrogen) atoms. The lowest BCUT2D eigenvalue weighted by Gasteiger charge is -2.31. The maximum atomic E-state index is 12.6. The molecule has 0 aromatic heterocycles. The molecule has 2 saturated carbocycles. The van der Waals surface area contributed by atoms with E-state index in [4.69, 9.17) is 4.74 Å². The minimum absolute atomic E-state index is 0.0134. The third kappa shape index (κ3) is 3.77. The molecule has 5 heteroatoms. The van der Waals surface area contributed by atoms with E-state index in [-0.39, 0.29) is 17.1 Å². The van der Waals surface area contributed by atoms with Gasteiger partial charge in [0.15, 0.2) is 0 Å². The van der Waals surface area contributed by atoms with Gasteiger partial charge in [0.05, 0.1) is 6.61 Å². The van der Waals surface area contributed by atoms with Crippen molar-refractivity contribution in [2.75, 3.05) is 39.9 Å². The molecule has 0 bridgehead atoms. The summed E-state index contributed by atoms with van der Waals surface area (Å²) in [5.74, 6) is 2.08. The normalized spacial score (nSPS) is 31.0. The highest BCUT2D eigenvalue weighted by atomic mass is 16.5. The van der Waals surface area contributed by atoms with Gasteiger partial charge in [-0.25, -0.2) is 0 Å². The third-order valence-electron chi connectivity index (χ3n) is 6.70. The molecule has 0 aromatic carbocycles. The van der Waals surface area contributed by atoms with Crippen LogP contribution >= 0.6 is 0 Å². The van der Waals surface area contributed by atoms with Crippen molar-refractivity contribution >= 4 is 11.7 Å². The molecule has 3 rings (SSSR count). The molecule has 2 unspecified atom stereocenters. The number of hydrogen-bond acceptors (Lipinski definition) is 4. The first-order chi connectivity index (χ1) is 11.8. The summed E-state index contributed by atoms with van der Waals surface area (Å²) in [6, 6.07) is 0. The summed E-state index contributed by atoms with van der Waals surface area (Å²) in [5.41, 5.74) is -0.536. The summed E-state index contributed by atoms with van der Waals surface area (Å²) in [7, 11) is 1.76. The van der Waals surface area contributed by atoms with Gasteiger partial charge in [-0.15, -0.1) is 0 Å². The second-order valence-corrected chi connectivity index (χ2v) is 9.34. The molecule has 0 radical (unpaired) electrons.